The number of amides is 1. The normalized spacial score (nSPS) is 15.5. The highest BCUT2D eigenvalue weighted by atomic mass is 16.5. The first kappa shape index (κ1) is 19.0. The molecule has 0 unspecified atom stereocenters. The van der Waals surface area contributed by atoms with Gasteiger partial charge in [-0.1, -0.05) is 54.6 Å². The predicted molar refractivity (Wildman–Crippen MR) is 123 cm³/mol. The summed E-state index contributed by atoms with van der Waals surface area (Å²) in [7, 11) is 0. The molecule has 2 N–H and O–H groups in total. The van der Waals surface area contributed by atoms with E-state index in [4.69, 9.17) is 4.74 Å². The highest BCUT2D eigenvalue weighted by Gasteiger charge is 2.35. The number of anilines is 2. The van der Waals surface area contributed by atoms with Crippen molar-refractivity contribution in [1.82, 2.24) is 0 Å². The molecule has 0 fully saturated rings. The molecule has 0 aromatic heterocycles. The van der Waals surface area contributed by atoms with Gasteiger partial charge in [0.05, 0.1) is 17.9 Å². The van der Waals surface area contributed by atoms with Gasteiger partial charge in [0.2, 0.25) is 0 Å². The summed E-state index contributed by atoms with van der Waals surface area (Å²) < 4.78 is 5.59. The van der Waals surface area contributed by atoms with Crippen LogP contribution >= 0.6 is 0 Å². The lowest BCUT2D eigenvalue weighted by atomic mass is 10.00. The third-order valence-electron chi connectivity index (χ3n) is 5.55. The van der Waals surface area contributed by atoms with E-state index >= 15 is 0 Å². The van der Waals surface area contributed by atoms with Crippen LogP contribution < -0.4 is 15.0 Å². The Bertz CT molecular complexity index is 1280. The van der Waals surface area contributed by atoms with Gasteiger partial charge in [0, 0.05) is 11.1 Å². The number of phenolic OH excluding ortho intramolecular Hbond substituents is 1. The van der Waals surface area contributed by atoms with Crippen LogP contribution in [0.25, 0.3) is 10.8 Å². The van der Waals surface area contributed by atoms with Gasteiger partial charge < -0.3 is 15.2 Å². The average Bonchev–Trinajstić information content (AvgIpc) is 2.80. The number of aromatic hydroxyl groups is 1. The molecule has 0 bridgehead atoms. The highest BCUT2D eigenvalue weighted by molar-refractivity contribution is 6.15. The van der Waals surface area contributed by atoms with Gasteiger partial charge >= 0.3 is 0 Å². The zero-order valence-corrected chi connectivity index (χ0v) is 17.1. The van der Waals surface area contributed by atoms with Crippen LogP contribution in [0.5, 0.6) is 11.5 Å². The number of hydrogen-bond acceptors (Lipinski definition) is 4. The van der Waals surface area contributed by atoms with Crippen molar-refractivity contribution in [1.29, 1.82) is 0 Å². The van der Waals surface area contributed by atoms with Gasteiger partial charge in [-0.25, -0.2) is 0 Å². The summed E-state index contributed by atoms with van der Waals surface area (Å²) in [4.78, 5) is 15.5. The SMILES string of the molecule is CCOc1cc([C@@H]2Nc3ccccc3C(=O)N2c2cccc3ccccc23)ccc1O. The number of fused-ring (bicyclic) bond motifs is 2. The summed E-state index contributed by atoms with van der Waals surface area (Å²) in [6.07, 6.45) is -0.465. The number of hydrogen-bond donors (Lipinski definition) is 2. The first-order valence-electron chi connectivity index (χ1n) is 10.3. The lowest BCUT2D eigenvalue weighted by molar-refractivity contribution is 0.0975. The van der Waals surface area contributed by atoms with Crippen LogP contribution in [0.3, 0.4) is 0 Å². The van der Waals surface area contributed by atoms with Crippen LogP contribution in [0.4, 0.5) is 11.4 Å². The molecule has 1 amide bonds. The molecule has 0 saturated carbocycles. The molecule has 1 aliphatic heterocycles. The third-order valence-corrected chi connectivity index (χ3v) is 5.55. The predicted octanol–water partition coefficient (Wildman–Crippen LogP) is 5.72. The lowest BCUT2D eigenvalue weighted by Gasteiger charge is -2.38. The van der Waals surface area contributed by atoms with E-state index in [9.17, 15) is 9.90 Å². The lowest BCUT2D eigenvalue weighted by Crippen LogP contribution is -2.43. The van der Waals surface area contributed by atoms with Crippen molar-refractivity contribution in [3.05, 3.63) is 96.1 Å². The Labute approximate surface area is 180 Å². The fraction of sp³-hybridized carbons (Fsp3) is 0.115. The number of para-hydroxylation sites is 1. The molecule has 5 rings (SSSR count). The number of benzene rings is 4. The summed E-state index contributed by atoms with van der Waals surface area (Å²) in [6, 6.07) is 26.7. The molecule has 31 heavy (non-hydrogen) atoms. The van der Waals surface area contributed by atoms with Crippen molar-refractivity contribution in [2.24, 2.45) is 0 Å². The Hall–Kier alpha value is -3.99. The number of rotatable bonds is 4. The van der Waals surface area contributed by atoms with E-state index in [0.717, 1.165) is 27.7 Å². The smallest absolute Gasteiger partial charge is 0.262 e. The largest absolute Gasteiger partial charge is 0.504 e. The minimum Gasteiger partial charge on any atom is -0.504 e. The fourth-order valence-corrected chi connectivity index (χ4v) is 4.13. The summed E-state index contributed by atoms with van der Waals surface area (Å²) in [6.45, 7) is 2.30. The van der Waals surface area contributed by atoms with Crippen molar-refractivity contribution in [2.45, 2.75) is 13.1 Å². The number of nitrogens with one attached hydrogen (secondary N) is 1. The summed E-state index contributed by atoms with van der Waals surface area (Å²) >= 11 is 0. The van der Waals surface area contributed by atoms with Gasteiger partial charge in [0.1, 0.15) is 6.17 Å². The maximum Gasteiger partial charge on any atom is 0.262 e. The molecule has 0 aliphatic carbocycles. The van der Waals surface area contributed by atoms with Crippen molar-refractivity contribution in [2.75, 3.05) is 16.8 Å². The number of ether oxygens (including phenoxy) is 1. The highest BCUT2D eigenvalue weighted by Crippen LogP contribution is 2.41. The topological polar surface area (TPSA) is 61.8 Å². The maximum absolute atomic E-state index is 13.7. The fourth-order valence-electron chi connectivity index (χ4n) is 4.13. The molecule has 1 heterocycles. The van der Waals surface area contributed by atoms with Gasteiger partial charge in [0.15, 0.2) is 11.5 Å². The molecule has 0 saturated heterocycles. The summed E-state index contributed by atoms with van der Waals surface area (Å²) in [5, 5.41) is 15.7. The van der Waals surface area contributed by atoms with Crippen molar-refractivity contribution in [3.8, 4) is 11.5 Å². The number of carbonyl (C=O) groups is 1. The second kappa shape index (κ2) is 7.69. The van der Waals surface area contributed by atoms with E-state index in [1.54, 1.807) is 17.0 Å². The zero-order valence-electron chi connectivity index (χ0n) is 17.1. The average molecular weight is 410 g/mol. The van der Waals surface area contributed by atoms with E-state index in [1.807, 2.05) is 79.7 Å². The third kappa shape index (κ3) is 3.24. The minimum atomic E-state index is -0.465. The Morgan fingerprint density at radius 1 is 0.968 bits per heavy atom. The second-order valence-corrected chi connectivity index (χ2v) is 7.43. The standard InChI is InChI=1S/C26H22N2O3/c1-2-31-24-16-18(14-15-23(24)29)25-27-21-12-6-5-11-20(21)26(30)28(25)22-13-7-9-17-8-3-4-10-19(17)22/h3-16,25,27,29H,2H2,1H3/t25-/m1/s1. The van der Waals surface area contributed by atoms with Crippen LogP contribution in [0.2, 0.25) is 0 Å². The quantitative estimate of drug-likeness (QED) is 0.452. The Morgan fingerprint density at radius 2 is 1.74 bits per heavy atom. The number of phenols is 1. The summed E-state index contributed by atoms with van der Waals surface area (Å²) in [5.74, 6) is 0.387. The molecule has 5 heteroatoms. The molecule has 1 aliphatic rings. The van der Waals surface area contributed by atoms with Crippen LogP contribution in [0, 0.1) is 0 Å². The van der Waals surface area contributed by atoms with E-state index in [-0.39, 0.29) is 11.7 Å². The molecule has 4 aromatic carbocycles. The first-order valence-corrected chi connectivity index (χ1v) is 10.3. The summed E-state index contributed by atoms with van der Waals surface area (Å²) in [5.41, 5.74) is 3.04. The van der Waals surface area contributed by atoms with E-state index in [2.05, 4.69) is 5.32 Å². The van der Waals surface area contributed by atoms with E-state index in [1.165, 1.54) is 0 Å². The molecule has 0 radical (unpaired) electrons. The minimum absolute atomic E-state index is 0.0739. The van der Waals surface area contributed by atoms with Gasteiger partial charge in [-0.3, -0.25) is 9.69 Å². The van der Waals surface area contributed by atoms with E-state index in [0.29, 0.717) is 17.9 Å². The Morgan fingerprint density at radius 3 is 2.61 bits per heavy atom. The van der Waals surface area contributed by atoms with Gasteiger partial charge in [0.25, 0.3) is 5.91 Å². The molecule has 4 aromatic rings. The Kier molecular flexibility index (Phi) is 4.71. The maximum atomic E-state index is 13.7. The van der Waals surface area contributed by atoms with Gasteiger partial charge in [-0.15, -0.1) is 0 Å². The van der Waals surface area contributed by atoms with Crippen molar-refractivity contribution >= 4 is 28.1 Å². The molecule has 1 atom stereocenters. The molecular weight excluding hydrogens is 388 g/mol. The van der Waals surface area contributed by atoms with Crippen LogP contribution in [0.1, 0.15) is 29.0 Å². The van der Waals surface area contributed by atoms with Crippen molar-refractivity contribution < 1.29 is 14.6 Å². The Balaban J connectivity index is 1.71. The molecule has 0 spiro atoms. The molecule has 154 valence electrons. The first-order chi connectivity index (χ1) is 15.2. The van der Waals surface area contributed by atoms with Crippen LogP contribution in [-0.4, -0.2) is 17.6 Å². The second-order valence-electron chi connectivity index (χ2n) is 7.43. The van der Waals surface area contributed by atoms with Crippen molar-refractivity contribution in [3.63, 3.8) is 0 Å². The van der Waals surface area contributed by atoms with Crippen LogP contribution in [0.15, 0.2) is 84.9 Å². The molecular formula is C26H22N2O3. The number of carbonyl (C=O) groups excluding carboxylic acids is 1. The monoisotopic (exact) mass is 410 g/mol. The van der Waals surface area contributed by atoms with Gasteiger partial charge in [-0.05, 0) is 48.2 Å². The number of nitrogens with zero attached hydrogens (tertiary/aromatic N) is 1. The van der Waals surface area contributed by atoms with E-state index < -0.39 is 6.17 Å². The zero-order chi connectivity index (χ0) is 21.4. The van der Waals surface area contributed by atoms with Crippen LogP contribution in [-0.2, 0) is 0 Å². The van der Waals surface area contributed by atoms with Gasteiger partial charge in [-0.2, -0.15) is 0 Å². The molecule has 5 nitrogen and oxygen atoms in total.